The molecule has 0 aliphatic heterocycles. The van der Waals surface area contributed by atoms with Gasteiger partial charge in [-0.3, -0.25) is 0 Å². The summed E-state index contributed by atoms with van der Waals surface area (Å²) in [4.78, 5) is 0. The Kier molecular flexibility index (Phi) is 5.33. The van der Waals surface area contributed by atoms with Crippen molar-refractivity contribution in [2.45, 2.75) is 45.2 Å². The predicted octanol–water partition coefficient (Wildman–Crippen LogP) is 3.80. The molecule has 1 unspecified atom stereocenters. The average Bonchev–Trinajstić information content (AvgIpc) is 3.39. The van der Waals surface area contributed by atoms with Gasteiger partial charge in [0.25, 0.3) is 0 Å². The smallest absolute Gasteiger partial charge is 0.216 e. The number of methoxy groups -OCH3 is 2. The van der Waals surface area contributed by atoms with E-state index in [1.54, 1.807) is 14.2 Å². The molecule has 136 valence electrons. The molecule has 3 rings (SSSR count). The summed E-state index contributed by atoms with van der Waals surface area (Å²) < 4.78 is 12.7. The summed E-state index contributed by atoms with van der Waals surface area (Å²) in [6, 6.07) is 8.76. The van der Waals surface area contributed by atoms with Crippen LogP contribution in [0.15, 0.2) is 24.3 Å². The van der Waals surface area contributed by atoms with E-state index in [2.05, 4.69) is 36.4 Å². The molecule has 5 nitrogen and oxygen atoms in total. The number of rotatable bonds is 8. The van der Waals surface area contributed by atoms with Gasteiger partial charge in [0.15, 0.2) is 0 Å². The fraction of sp³-hybridized carbons (Fsp3) is 0.550. The zero-order chi connectivity index (χ0) is 18.0. The van der Waals surface area contributed by atoms with Crippen LogP contribution >= 0.6 is 0 Å². The molecule has 1 aliphatic carbocycles. The number of nitrogens with zero attached hydrogens (tertiary/aromatic N) is 2. The second-order valence-corrected chi connectivity index (χ2v) is 7.12. The highest BCUT2D eigenvalue weighted by atomic mass is 16.5. The molecule has 1 fully saturated rings. The Bertz CT molecular complexity index is 702. The highest BCUT2D eigenvalue weighted by Gasteiger charge is 2.32. The normalized spacial score (nSPS) is 15.4. The first kappa shape index (κ1) is 17.8. The summed E-state index contributed by atoms with van der Waals surface area (Å²) >= 11 is 0. The van der Waals surface area contributed by atoms with E-state index in [4.69, 9.17) is 9.47 Å². The van der Waals surface area contributed by atoms with Gasteiger partial charge in [-0.05, 0) is 42.4 Å². The van der Waals surface area contributed by atoms with Crippen LogP contribution in [0.2, 0.25) is 0 Å². The number of ether oxygens (including phenoxy) is 2. The van der Waals surface area contributed by atoms with E-state index in [0.29, 0.717) is 17.9 Å². The second-order valence-electron chi connectivity index (χ2n) is 7.12. The maximum Gasteiger partial charge on any atom is 0.216 e. The Morgan fingerprint density at radius 1 is 1.16 bits per heavy atom. The van der Waals surface area contributed by atoms with Gasteiger partial charge in [-0.2, -0.15) is 5.10 Å². The van der Waals surface area contributed by atoms with E-state index in [-0.39, 0.29) is 0 Å². The zero-order valence-corrected chi connectivity index (χ0v) is 15.9. The zero-order valence-electron chi connectivity index (χ0n) is 15.9. The average molecular weight is 343 g/mol. The van der Waals surface area contributed by atoms with Crippen molar-refractivity contribution in [2.75, 3.05) is 14.2 Å². The van der Waals surface area contributed by atoms with Crippen molar-refractivity contribution >= 4 is 0 Å². The Balaban J connectivity index is 1.80. The summed E-state index contributed by atoms with van der Waals surface area (Å²) in [5, 5.41) is 8.41. The third kappa shape index (κ3) is 3.82. The molecule has 0 saturated heterocycles. The molecule has 1 atom stereocenters. The van der Waals surface area contributed by atoms with Crippen LogP contribution in [0.4, 0.5) is 0 Å². The molecule has 0 bridgehead atoms. The Morgan fingerprint density at radius 2 is 1.84 bits per heavy atom. The third-order valence-corrected chi connectivity index (χ3v) is 4.93. The first-order chi connectivity index (χ1) is 12.0. The number of hydrogen-bond acceptors (Lipinski definition) is 4. The molecule has 1 aromatic carbocycles. The monoisotopic (exact) mass is 343 g/mol. The van der Waals surface area contributed by atoms with Gasteiger partial charge >= 0.3 is 0 Å². The predicted molar refractivity (Wildman–Crippen MR) is 99.1 cm³/mol. The summed E-state index contributed by atoms with van der Waals surface area (Å²) in [7, 11) is 5.36. The van der Waals surface area contributed by atoms with Crippen molar-refractivity contribution in [1.82, 2.24) is 15.1 Å². The molecule has 25 heavy (non-hydrogen) atoms. The quantitative estimate of drug-likeness (QED) is 0.792. The minimum absolute atomic E-state index is 0.357. The van der Waals surface area contributed by atoms with E-state index in [1.807, 2.05) is 23.9 Å². The maximum atomic E-state index is 5.60. The van der Waals surface area contributed by atoms with Crippen LogP contribution in [0.1, 0.15) is 55.5 Å². The highest BCUT2D eigenvalue weighted by molar-refractivity contribution is 5.34. The van der Waals surface area contributed by atoms with Crippen molar-refractivity contribution in [2.24, 2.45) is 13.0 Å². The van der Waals surface area contributed by atoms with E-state index in [0.717, 1.165) is 23.9 Å². The fourth-order valence-corrected chi connectivity index (χ4v) is 3.47. The van der Waals surface area contributed by atoms with Gasteiger partial charge in [0, 0.05) is 19.6 Å². The van der Waals surface area contributed by atoms with Crippen LogP contribution in [0.25, 0.3) is 0 Å². The van der Waals surface area contributed by atoms with Gasteiger partial charge in [-0.25, -0.2) is 4.68 Å². The fourth-order valence-electron chi connectivity index (χ4n) is 3.47. The second kappa shape index (κ2) is 7.48. The van der Waals surface area contributed by atoms with Gasteiger partial charge in [-0.15, -0.1) is 0 Å². The van der Waals surface area contributed by atoms with Crippen LogP contribution in [0, 0.1) is 5.92 Å². The maximum absolute atomic E-state index is 5.60. The van der Waals surface area contributed by atoms with Crippen molar-refractivity contribution in [3.05, 3.63) is 41.1 Å². The number of benzene rings is 1. The third-order valence-electron chi connectivity index (χ3n) is 4.93. The molecule has 1 aliphatic rings. The first-order valence-corrected chi connectivity index (χ1v) is 9.02. The highest BCUT2D eigenvalue weighted by Crippen LogP contribution is 2.42. The van der Waals surface area contributed by atoms with Crippen LogP contribution in [0.5, 0.6) is 11.6 Å². The van der Waals surface area contributed by atoms with Gasteiger partial charge < -0.3 is 14.8 Å². The van der Waals surface area contributed by atoms with E-state index in [9.17, 15) is 0 Å². The molecule has 5 heteroatoms. The number of nitrogens with one attached hydrogen (secondary N) is 1. The lowest BCUT2D eigenvalue weighted by Crippen LogP contribution is -2.23. The molecule has 1 saturated carbocycles. The first-order valence-electron chi connectivity index (χ1n) is 9.02. The standard InChI is InChI=1S/C20H29N3O2/c1-13(2)18-17(20(25-5)23(3)22-18)12-21-19(14-6-7-14)15-8-10-16(24-4)11-9-15/h8-11,13-14,19,21H,6-7,12H2,1-5H3. The van der Waals surface area contributed by atoms with E-state index < -0.39 is 0 Å². The van der Waals surface area contributed by atoms with E-state index >= 15 is 0 Å². The minimum Gasteiger partial charge on any atom is -0.497 e. The summed E-state index contributed by atoms with van der Waals surface area (Å²) in [6.07, 6.45) is 2.57. The molecule has 0 spiro atoms. The lowest BCUT2D eigenvalue weighted by molar-refractivity contribution is 0.365. The van der Waals surface area contributed by atoms with Gasteiger partial charge in [0.2, 0.25) is 5.88 Å². The van der Waals surface area contributed by atoms with Crippen LogP contribution in [0.3, 0.4) is 0 Å². The summed E-state index contributed by atoms with van der Waals surface area (Å²) in [5.41, 5.74) is 3.59. The minimum atomic E-state index is 0.357. The van der Waals surface area contributed by atoms with Crippen LogP contribution < -0.4 is 14.8 Å². The topological polar surface area (TPSA) is 48.3 Å². The van der Waals surface area contributed by atoms with Gasteiger partial charge in [0.1, 0.15) is 5.75 Å². The Labute approximate surface area is 150 Å². The molecule has 0 radical (unpaired) electrons. The van der Waals surface area contributed by atoms with Crippen LogP contribution in [-0.4, -0.2) is 24.0 Å². The molecular formula is C20H29N3O2. The van der Waals surface area contributed by atoms with Gasteiger partial charge in [-0.1, -0.05) is 26.0 Å². The SMILES string of the molecule is COc1ccc(C(NCc2c(C(C)C)nn(C)c2OC)C2CC2)cc1. The molecule has 2 aromatic rings. The lowest BCUT2D eigenvalue weighted by Gasteiger charge is -2.20. The number of aryl methyl sites for hydroxylation is 1. The molecular weight excluding hydrogens is 314 g/mol. The summed E-state index contributed by atoms with van der Waals surface area (Å²) in [5.74, 6) is 2.82. The van der Waals surface area contributed by atoms with Gasteiger partial charge in [0.05, 0.1) is 25.5 Å². The van der Waals surface area contributed by atoms with Crippen LogP contribution in [-0.2, 0) is 13.6 Å². The number of aromatic nitrogens is 2. The number of hydrogen-bond donors (Lipinski definition) is 1. The molecule has 1 N–H and O–H groups in total. The largest absolute Gasteiger partial charge is 0.497 e. The molecule has 1 heterocycles. The van der Waals surface area contributed by atoms with E-state index in [1.165, 1.54) is 24.0 Å². The Morgan fingerprint density at radius 3 is 2.36 bits per heavy atom. The molecule has 0 amide bonds. The Hall–Kier alpha value is -2.01. The molecule has 1 aromatic heterocycles. The summed E-state index contributed by atoms with van der Waals surface area (Å²) in [6.45, 7) is 5.11. The van der Waals surface area contributed by atoms with Crippen molar-refractivity contribution in [3.63, 3.8) is 0 Å². The van der Waals surface area contributed by atoms with Crippen molar-refractivity contribution in [1.29, 1.82) is 0 Å². The lowest BCUT2D eigenvalue weighted by atomic mass is 10.0. The van der Waals surface area contributed by atoms with Crippen molar-refractivity contribution in [3.8, 4) is 11.6 Å². The van der Waals surface area contributed by atoms with Crippen molar-refractivity contribution < 1.29 is 9.47 Å².